The minimum Gasteiger partial charge on any atom is -0.388 e. The van der Waals surface area contributed by atoms with E-state index >= 15 is 0 Å². The third-order valence-electron chi connectivity index (χ3n) is 5.46. The summed E-state index contributed by atoms with van der Waals surface area (Å²) in [4.78, 5) is 13.6. The number of amidine groups is 1. The highest BCUT2D eigenvalue weighted by Crippen LogP contribution is 2.35. The lowest BCUT2D eigenvalue weighted by atomic mass is 9.91. The Hall–Kier alpha value is -3.52. The Morgan fingerprint density at radius 2 is 2.22 bits per heavy atom. The van der Waals surface area contributed by atoms with E-state index in [2.05, 4.69) is 46.5 Å². The van der Waals surface area contributed by atoms with E-state index in [0.29, 0.717) is 24.9 Å². The van der Waals surface area contributed by atoms with E-state index in [1.54, 1.807) is 19.4 Å². The normalized spacial score (nSPS) is 13.3. The van der Waals surface area contributed by atoms with Gasteiger partial charge in [-0.15, -0.1) is 0 Å². The Bertz CT molecular complexity index is 1160. The molecule has 0 bridgehead atoms. The molecule has 0 spiro atoms. The van der Waals surface area contributed by atoms with Crippen LogP contribution < -0.4 is 11.1 Å². The van der Waals surface area contributed by atoms with Gasteiger partial charge in [0.15, 0.2) is 0 Å². The van der Waals surface area contributed by atoms with Crippen LogP contribution in [0.15, 0.2) is 47.7 Å². The fraction of sp³-hybridized carbons (Fsp3) is 0.333. The van der Waals surface area contributed by atoms with Gasteiger partial charge in [0, 0.05) is 45.1 Å². The number of methoxy groups -OCH3 is 1. The van der Waals surface area contributed by atoms with Crippen molar-refractivity contribution in [1.29, 1.82) is 0 Å². The third-order valence-corrected chi connectivity index (χ3v) is 5.46. The molecule has 0 saturated carbocycles. The fourth-order valence-electron chi connectivity index (χ4n) is 3.93. The smallest absolute Gasteiger partial charge is 0.251 e. The van der Waals surface area contributed by atoms with Crippen molar-refractivity contribution < 1.29 is 4.74 Å². The fourth-order valence-corrected chi connectivity index (χ4v) is 3.93. The Kier molecular flexibility index (Phi) is 6.61. The van der Waals surface area contributed by atoms with Crippen LogP contribution in [0.25, 0.3) is 11.3 Å². The van der Waals surface area contributed by atoms with Crippen molar-refractivity contribution in [2.24, 2.45) is 17.8 Å². The van der Waals surface area contributed by atoms with Crippen molar-refractivity contribution in [3.8, 4) is 11.3 Å². The first-order valence-corrected chi connectivity index (χ1v) is 10.7. The summed E-state index contributed by atoms with van der Waals surface area (Å²) in [7, 11) is 3.66. The monoisotopic (exact) mass is 431 g/mol. The number of ether oxygens (including phenoxy) is 1. The number of nitrogens with zero attached hydrogens (tertiary/aromatic N) is 5. The van der Waals surface area contributed by atoms with Gasteiger partial charge in [-0.3, -0.25) is 4.68 Å². The predicted octanol–water partition coefficient (Wildman–Crippen LogP) is 2.61. The van der Waals surface area contributed by atoms with E-state index < -0.39 is 0 Å². The van der Waals surface area contributed by atoms with Crippen LogP contribution >= 0.6 is 0 Å². The molecule has 8 heteroatoms. The number of nitrogens with two attached hydrogens (primary N) is 1. The number of aliphatic imine (C=N–C) groups is 1. The van der Waals surface area contributed by atoms with Crippen LogP contribution in [0.2, 0.25) is 0 Å². The average Bonchev–Trinajstić information content (AvgIpc) is 3.09. The molecule has 0 radical (unpaired) electrons. The molecular formula is C24H29N7O. The molecule has 2 heterocycles. The molecule has 8 nitrogen and oxygen atoms in total. The van der Waals surface area contributed by atoms with Gasteiger partial charge >= 0.3 is 0 Å². The van der Waals surface area contributed by atoms with Crippen LogP contribution in [0, 0.1) is 6.92 Å². The number of aromatic nitrogens is 4. The van der Waals surface area contributed by atoms with Crippen molar-refractivity contribution in [1.82, 2.24) is 25.1 Å². The third kappa shape index (κ3) is 4.86. The first kappa shape index (κ1) is 21.7. The summed E-state index contributed by atoms with van der Waals surface area (Å²) in [6.07, 6.45) is 7.84. The molecule has 3 N–H and O–H groups in total. The molecular weight excluding hydrogens is 402 g/mol. The molecule has 0 fully saturated rings. The van der Waals surface area contributed by atoms with Gasteiger partial charge < -0.3 is 15.8 Å². The van der Waals surface area contributed by atoms with E-state index in [9.17, 15) is 0 Å². The van der Waals surface area contributed by atoms with Crippen LogP contribution in [-0.4, -0.2) is 45.8 Å². The van der Waals surface area contributed by atoms with E-state index in [1.165, 1.54) is 11.1 Å². The quantitative estimate of drug-likeness (QED) is 0.323. The molecule has 0 saturated heterocycles. The Morgan fingerprint density at radius 1 is 1.34 bits per heavy atom. The largest absolute Gasteiger partial charge is 0.388 e. The summed E-state index contributed by atoms with van der Waals surface area (Å²) >= 11 is 0. The average molecular weight is 432 g/mol. The summed E-state index contributed by atoms with van der Waals surface area (Å²) in [6.45, 7) is 3.43. The second-order valence-electron chi connectivity index (χ2n) is 7.92. The van der Waals surface area contributed by atoms with Crippen molar-refractivity contribution in [2.45, 2.75) is 26.2 Å². The minimum absolute atomic E-state index is 0.331. The molecule has 4 rings (SSSR count). The van der Waals surface area contributed by atoms with Crippen LogP contribution in [0.4, 0.5) is 5.95 Å². The number of nitrogens with one attached hydrogen (secondary N) is 1. The van der Waals surface area contributed by atoms with Crippen molar-refractivity contribution >= 4 is 11.8 Å². The van der Waals surface area contributed by atoms with E-state index in [0.717, 1.165) is 47.5 Å². The zero-order valence-electron chi connectivity index (χ0n) is 18.8. The standard InChI is InChI=1S/C24H29N7O/c1-16-5-4-6-17(13-16)14-20-22-19(30-31(20)2)8-7-18-15-27-24(29-23(18)22)28-21(25)9-10-26-11-12-32-3/h4-6,9-10,13,15,26H,7-8,11-12,14H2,1-3H3,(H2,25,27,28,29)/b10-9-. The molecule has 1 aromatic carbocycles. The molecule has 2 aromatic heterocycles. The van der Waals surface area contributed by atoms with E-state index in [-0.39, 0.29) is 0 Å². The number of hydrogen-bond donors (Lipinski definition) is 2. The lowest BCUT2D eigenvalue weighted by Gasteiger charge is -2.16. The van der Waals surface area contributed by atoms with Crippen LogP contribution in [0.5, 0.6) is 0 Å². The van der Waals surface area contributed by atoms with Crippen molar-refractivity contribution in [3.05, 3.63) is 70.8 Å². The molecule has 1 aliphatic carbocycles. The zero-order chi connectivity index (χ0) is 22.5. The lowest BCUT2D eigenvalue weighted by molar-refractivity contribution is 0.203. The maximum absolute atomic E-state index is 6.04. The van der Waals surface area contributed by atoms with Gasteiger partial charge in [0.25, 0.3) is 5.95 Å². The maximum Gasteiger partial charge on any atom is 0.251 e. The first-order chi connectivity index (χ1) is 15.5. The van der Waals surface area contributed by atoms with E-state index in [1.807, 2.05) is 17.9 Å². The van der Waals surface area contributed by atoms with Gasteiger partial charge in [-0.25, -0.2) is 9.97 Å². The molecule has 0 aliphatic heterocycles. The van der Waals surface area contributed by atoms with Crippen LogP contribution in [0.1, 0.15) is 28.1 Å². The molecule has 166 valence electrons. The summed E-state index contributed by atoms with van der Waals surface area (Å²) in [6, 6.07) is 8.57. The van der Waals surface area contributed by atoms with E-state index in [4.69, 9.17) is 20.6 Å². The van der Waals surface area contributed by atoms with Gasteiger partial charge in [-0.1, -0.05) is 29.8 Å². The summed E-state index contributed by atoms with van der Waals surface area (Å²) < 4.78 is 6.98. The molecule has 0 unspecified atom stereocenters. The number of aryl methyl sites for hydroxylation is 4. The second-order valence-corrected chi connectivity index (χ2v) is 7.92. The Balaban J connectivity index is 1.64. The Labute approximate surface area is 188 Å². The number of rotatable bonds is 8. The number of benzene rings is 1. The lowest BCUT2D eigenvalue weighted by Crippen LogP contribution is -2.15. The van der Waals surface area contributed by atoms with Gasteiger partial charge in [-0.05, 0) is 37.0 Å². The van der Waals surface area contributed by atoms with Crippen molar-refractivity contribution in [2.75, 3.05) is 20.3 Å². The van der Waals surface area contributed by atoms with Crippen LogP contribution in [-0.2, 0) is 31.0 Å². The molecule has 3 aromatic rings. The van der Waals surface area contributed by atoms with Gasteiger partial charge in [0.2, 0.25) is 0 Å². The zero-order valence-corrected chi connectivity index (χ0v) is 18.8. The minimum atomic E-state index is 0.331. The Morgan fingerprint density at radius 3 is 3.03 bits per heavy atom. The highest BCUT2D eigenvalue weighted by molar-refractivity contribution is 5.92. The highest BCUT2D eigenvalue weighted by atomic mass is 16.5. The van der Waals surface area contributed by atoms with Gasteiger partial charge in [0.05, 0.1) is 23.7 Å². The van der Waals surface area contributed by atoms with Gasteiger partial charge in [-0.2, -0.15) is 10.1 Å². The highest BCUT2D eigenvalue weighted by Gasteiger charge is 2.26. The molecule has 1 aliphatic rings. The summed E-state index contributed by atoms with van der Waals surface area (Å²) in [5.41, 5.74) is 13.9. The van der Waals surface area contributed by atoms with Crippen molar-refractivity contribution in [3.63, 3.8) is 0 Å². The summed E-state index contributed by atoms with van der Waals surface area (Å²) in [5, 5.41) is 7.88. The molecule has 0 atom stereocenters. The maximum atomic E-state index is 6.04. The number of hydrogen-bond acceptors (Lipinski definition) is 6. The second kappa shape index (κ2) is 9.74. The molecule has 32 heavy (non-hydrogen) atoms. The SMILES string of the molecule is COCCN/C=C\C(N)=Nc1ncc2c(n1)-c1c(nn(C)c1Cc1cccc(C)c1)CC2. The van der Waals surface area contributed by atoms with Crippen LogP contribution in [0.3, 0.4) is 0 Å². The number of fused-ring (bicyclic) bond motifs is 3. The predicted molar refractivity (Wildman–Crippen MR) is 126 cm³/mol. The first-order valence-electron chi connectivity index (χ1n) is 10.7. The topological polar surface area (TPSA) is 103 Å². The summed E-state index contributed by atoms with van der Waals surface area (Å²) in [5.74, 6) is 0.679. The molecule has 0 amide bonds. The van der Waals surface area contributed by atoms with Gasteiger partial charge in [0.1, 0.15) is 5.84 Å².